The fraction of sp³-hybridized carbons (Fsp3) is 0.500. The normalized spacial score (nSPS) is 28.6. The number of aryl methyl sites for hydroxylation is 1. The molecular formula is C16H18N2O2. The molecule has 4 rings (SSSR count). The maximum Gasteiger partial charge on any atom is 0.230 e. The van der Waals surface area contributed by atoms with Gasteiger partial charge in [-0.3, -0.25) is 0 Å². The summed E-state index contributed by atoms with van der Waals surface area (Å²) in [6, 6.07) is 8.67. The van der Waals surface area contributed by atoms with Crippen LogP contribution in [-0.2, 0) is 6.42 Å². The highest BCUT2D eigenvalue weighted by molar-refractivity contribution is 5.42. The number of aromatic nitrogens is 2. The Labute approximate surface area is 117 Å². The Morgan fingerprint density at radius 2 is 2.20 bits per heavy atom. The third kappa shape index (κ3) is 1.71. The van der Waals surface area contributed by atoms with Crippen LogP contribution in [0.15, 0.2) is 28.8 Å². The topological polar surface area (TPSA) is 59.2 Å². The van der Waals surface area contributed by atoms with Gasteiger partial charge in [-0.1, -0.05) is 36.3 Å². The molecule has 2 aliphatic carbocycles. The monoisotopic (exact) mass is 270 g/mol. The van der Waals surface area contributed by atoms with Crippen LogP contribution in [0.1, 0.15) is 60.5 Å². The van der Waals surface area contributed by atoms with Crippen LogP contribution >= 0.6 is 0 Å². The van der Waals surface area contributed by atoms with Crippen molar-refractivity contribution >= 4 is 0 Å². The van der Waals surface area contributed by atoms with E-state index < -0.39 is 6.10 Å². The zero-order chi connectivity index (χ0) is 13.7. The van der Waals surface area contributed by atoms with Crippen LogP contribution < -0.4 is 0 Å². The van der Waals surface area contributed by atoms with Crippen molar-refractivity contribution in [2.24, 2.45) is 5.92 Å². The lowest BCUT2D eigenvalue weighted by Gasteiger charge is -2.13. The van der Waals surface area contributed by atoms with E-state index in [2.05, 4.69) is 34.4 Å². The molecule has 20 heavy (non-hydrogen) atoms. The van der Waals surface area contributed by atoms with E-state index in [0.29, 0.717) is 35.9 Å². The van der Waals surface area contributed by atoms with Gasteiger partial charge in [0, 0.05) is 5.92 Å². The van der Waals surface area contributed by atoms with Gasteiger partial charge in [-0.25, -0.2) is 0 Å². The molecule has 2 aromatic rings. The molecule has 4 unspecified atom stereocenters. The standard InChI is InChI=1S/C16H18N2O2/c1-2-12(19)15-17-16(20-18-15)14-11-8-7-9-5-3-4-6-10(9)13(11)14/h3-6,11-14,19H,2,7-8H2,1H3. The van der Waals surface area contributed by atoms with Gasteiger partial charge in [0.25, 0.3) is 0 Å². The molecule has 1 fully saturated rings. The summed E-state index contributed by atoms with van der Waals surface area (Å²) >= 11 is 0. The van der Waals surface area contributed by atoms with E-state index in [0.717, 1.165) is 6.42 Å². The molecule has 0 aliphatic heterocycles. The number of nitrogens with zero attached hydrogens (tertiary/aromatic N) is 2. The molecule has 1 heterocycles. The highest BCUT2D eigenvalue weighted by Gasteiger charge is 2.56. The van der Waals surface area contributed by atoms with Crippen molar-refractivity contribution < 1.29 is 9.63 Å². The third-order valence-electron chi connectivity index (χ3n) is 4.76. The quantitative estimate of drug-likeness (QED) is 0.931. The first kappa shape index (κ1) is 12.1. The molecule has 0 radical (unpaired) electrons. The first-order chi connectivity index (χ1) is 9.79. The molecule has 104 valence electrons. The zero-order valence-corrected chi connectivity index (χ0v) is 11.5. The van der Waals surface area contributed by atoms with Crippen molar-refractivity contribution in [1.29, 1.82) is 0 Å². The molecule has 0 bridgehead atoms. The smallest absolute Gasteiger partial charge is 0.230 e. The SMILES string of the molecule is CCC(O)c1noc(C2C3CCc4ccccc4C32)n1. The minimum Gasteiger partial charge on any atom is -0.385 e. The summed E-state index contributed by atoms with van der Waals surface area (Å²) in [6.07, 6.45) is 2.34. The maximum absolute atomic E-state index is 9.78. The Bertz CT molecular complexity index is 637. The first-order valence-corrected chi connectivity index (χ1v) is 7.39. The van der Waals surface area contributed by atoms with Gasteiger partial charge >= 0.3 is 0 Å². The van der Waals surface area contributed by atoms with Gasteiger partial charge in [-0.2, -0.15) is 4.98 Å². The van der Waals surface area contributed by atoms with Gasteiger partial charge in [0.2, 0.25) is 5.89 Å². The summed E-state index contributed by atoms with van der Waals surface area (Å²) in [5, 5.41) is 13.7. The van der Waals surface area contributed by atoms with E-state index in [1.807, 2.05) is 6.92 Å². The molecule has 1 N–H and O–H groups in total. The number of fused-ring (bicyclic) bond motifs is 3. The lowest BCUT2D eigenvalue weighted by Crippen LogP contribution is -2.00. The number of aliphatic hydroxyl groups is 1. The maximum atomic E-state index is 9.78. The van der Waals surface area contributed by atoms with E-state index >= 15 is 0 Å². The minimum absolute atomic E-state index is 0.351. The lowest BCUT2D eigenvalue weighted by molar-refractivity contribution is 0.159. The molecule has 1 saturated carbocycles. The van der Waals surface area contributed by atoms with Gasteiger partial charge < -0.3 is 9.63 Å². The van der Waals surface area contributed by atoms with Gasteiger partial charge in [0.05, 0.1) is 0 Å². The highest BCUT2D eigenvalue weighted by Crippen LogP contribution is 2.64. The van der Waals surface area contributed by atoms with Crippen molar-refractivity contribution in [2.75, 3.05) is 0 Å². The van der Waals surface area contributed by atoms with E-state index in [-0.39, 0.29) is 0 Å². The molecule has 0 spiro atoms. The second-order valence-corrected chi connectivity index (χ2v) is 5.87. The summed E-state index contributed by atoms with van der Waals surface area (Å²) in [7, 11) is 0. The predicted octanol–water partition coefficient (Wildman–Crippen LogP) is 2.96. The van der Waals surface area contributed by atoms with Crippen LogP contribution in [-0.4, -0.2) is 15.2 Å². The molecule has 1 aromatic heterocycles. The first-order valence-electron chi connectivity index (χ1n) is 7.39. The summed E-state index contributed by atoms with van der Waals surface area (Å²) in [6.45, 7) is 1.91. The fourth-order valence-corrected chi connectivity index (χ4v) is 3.60. The minimum atomic E-state index is -0.611. The lowest BCUT2D eigenvalue weighted by atomic mass is 9.92. The molecule has 0 amide bonds. The number of benzene rings is 1. The van der Waals surface area contributed by atoms with Crippen LogP contribution in [0.5, 0.6) is 0 Å². The van der Waals surface area contributed by atoms with Gasteiger partial charge in [0.15, 0.2) is 5.82 Å². The van der Waals surface area contributed by atoms with Crippen LogP contribution in [0.25, 0.3) is 0 Å². The summed E-state index contributed by atoms with van der Waals surface area (Å²) in [5.74, 6) is 2.66. The molecule has 1 aromatic carbocycles. The van der Waals surface area contributed by atoms with E-state index in [9.17, 15) is 5.11 Å². The van der Waals surface area contributed by atoms with Gasteiger partial charge in [-0.05, 0) is 42.2 Å². The number of hydrogen-bond acceptors (Lipinski definition) is 4. The fourth-order valence-electron chi connectivity index (χ4n) is 3.60. The summed E-state index contributed by atoms with van der Waals surface area (Å²) in [4.78, 5) is 4.41. The van der Waals surface area contributed by atoms with Crippen LogP contribution in [0, 0.1) is 5.92 Å². The number of hydrogen-bond donors (Lipinski definition) is 1. The van der Waals surface area contributed by atoms with Crippen LogP contribution in [0.4, 0.5) is 0 Å². The Balaban J connectivity index is 1.62. The van der Waals surface area contributed by atoms with E-state index in [1.165, 1.54) is 17.5 Å². The molecular weight excluding hydrogens is 252 g/mol. The highest BCUT2D eigenvalue weighted by atomic mass is 16.5. The van der Waals surface area contributed by atoms with Crippen molar-refractivity contribution in [3.8, 4) is 0 Å². The van der Waals surface area contributed by atoms with Gasteiger partial charge in [-0.15, -0.1) is 0 Å². The van der Waals surface area contributed by atoms with Crippen molar-refractivity contribution in [3.05, 3.63) is 47.1 Å². The molecule has 4 atom stereocenters. The van der Waals surface area contributed by atoms with Crippen molar-refractivity contribution in [3.63, 3.8) is 0 Å². The van der Waals surface area contributed by atoms with Crippen LogP contribution in [0.3, 0.4) is 0 Å². The molecule has 2 aliphatic rings. The third-order valence-corrected chi connectivity index (χ3v) is 4.76. The number of rotatable bonds is 3. The average Bonchev–Trinajstić information content (AvgIpc) is 3.04. The molecule has 4 heteroatoms. The summed E-state index contributed by atoms with van der Waals surface area (Å²) < 4.78 is 5.40. The van der Waals surface area contributed by atoms with E-state index in [4.69, 9.17) is 4.52 Å². The Kier molecular flexibility index (Phi) is 2.67. The zero-order valence-electron chi connectivity index (χ0n) is 11.5. The van der Waals surface area contributed by atoms with Crippen molar-refractivity contribution in [1.82, 2.24) is 10.1 Å². The second kappa shape index (κ2) is 4.42. The largest absolute Gasteiger partial charge is 0.385 e. The Morgan fingerprint density at radius 3 is 3.05 bits per heavy atom. The van der Waals surface area contributed by atoms with E-state index in [1.54, 1.807) is 0 Å². The Hall–Kier alpha value is -1.68. The number of aliphatic hydroxyl groups excluding tert-OH is 1. The second-order valence-electron chi connectivity index (χ2n) is 5.87. The van der Waals surface area contributed by atoms with Gasteiger partial charge in [0.1, 0.15) is 6.10 Å². The molecule has 4 nitrogen and oxygen atoms in total. The Morgan fingerprint density at radius 1 is 1.35 bits per heavy atom. The predicted molar refractivity (Wildman–Crippen MR) is 73.3 cm³/mol. The van der Waals surface area contributed by atoms with Crippen LogP contribution in [0.2, 0.25) is 0 Å². The van der Waals surface area contributed by atoms with Crippen molar-refractivity contribution in [2.45, 2.75) is 44.1 Å². The summed E-state index contributed by atoms with van der Waals surface area (Å²) in [5.41, 5.74) is 2.91. The molecule has 0 saturated heterocycles. The average molecular weight is 270 g/mol.